The van der Waals surface area contributed by atoms with Crippen LogP contribution in [0.4, 0.5) is 0 Å². The van der Waals surface area contributed by atoms with Crippen molar-refractivity contribution in [3.63, 3.8) is 0 Å². The van der Waals surface area contributed by atoms with Crippen molar-refractivity contribution in [1.29, 1.82) is 0 Å². The summed E-state index contributed by atoms with van der Waals surface area (Å²) in [6.45, 7) is 5.23. The number of benzene rings is 1. The van der Waals surface area contributed by atoms with Gasteiger partial charge in [-0.05, 0) is 43.9 Å². The lowest BCUT2D eigenvalue weighted by Crippen LogP contribution is -2.19. The van der Waals surface area contributed by atoms with Gasteiger partial charge in [0, 0.05) is 17.5 Å². The standard InChI is InChI=1S/C16H23NO2S/c1-3-15(16(18)19-4-2)20-14-7-5-6-12(10-14)11-17-13-8-9-13/h5-7,10,13,15,17H,3-4,8-9,11H2,1-2H3. The molecule has 0 radical (unpaired) electrons. The van der Waals surface area contributed by atoms with E-state index in [0.717, 1.165) is 17.9 Å². The van der Waals surface area contributed by atoms with Crippen molar-refractivity contribution < 1.29 is 9.53 Å². The van der Waals surface area contributed by atoms with Crippen LogP contribution in [0.5, 0.6) is 0 Å². The zero-order chi connectivity index (χ0) is 14.4. The van der Waals surface area contributed by atoms with Crippen LogP contribution in [0.1, 0.15) is 38.7 Å². The summed E-state index contributed by atoms with van der Waals surface area (Å²) in [7, 11) is 0. The van der Waals surface area contributed by atoms with Gasteiger partial charge in [0.25, 0.3) is 0 Å². The van der Waals surface area contributed by atoms with Crippen molar-refractivity contribution in [3.8, 4) is 0 Å². The number of thioether (sulfide) groups is 1. The highest BCUT2D eigenvalue weighted by Crippen LogP contribution is 2.27. The third-order valence-electron chi connectivity index (χ3n) is 3.27. The fourth-order valence-corrected chi connectivity index (χ4v) is 3.01. The maximum Gasteiger partial charge on any atom is 0.319 e. The van der Waals surface area contributed by atoms with Crippen LogP contribution >= 0.6 is 11.8 Å². The van der Waals surface area contributed by atoms with Gasteiger partial charge in [-0.2, -0.15) is 0 Å². The molecular weight excluding hydrogens is 270 g/mol. The van der Waals surface area contributed by atoms with Crippen LogP contribution in [-0.2, 0) is 16.1 Å². The number of rotatable bonds is 8. The minimum absolute atomic E-state index is 0.110. The first-order chi connectivity index (χ1) is 9.72. The van der Waals surface area contributed by atoms with E-state index >= 15 is 0 Å². The zero-order valence-corrected chi connectivity index (χ0v) is 13.0. The number of nitrogens with one attached hydrogen (secondary N) is 1. The summed E-state index contributed by atoms with van der Waals surface area (Å²) in [6, 6.07) is 9.14. The van der Waals surface area contributed by atoms with Gasteiger partial charge < -0.3 is 10.1 Å². The van der Waals surface area contributed by atoms with E-state index in [1.165, 1.54) is 18.4 Å². The Bertz CT molecular complexity index is 446. The highest BCUT2D eigenvalue weighted by molar-refractivity contribution is 8.00. The van der Waals surface area contributed by atoms with Crippen molar-refractivity contribution in [2.75, 3.05) is 6.61 Å². The molecular formula is C16H23NO2S. The van der Waals surface area contributed by atoms with E-state index in [2.05, 4.69) is 29.6 Å². The van der Waals surface area contributed by atoms with E-state index < -0.39 is 0 Å². The second kappa shape index (κ2) is 7.70. The number of carbonyl (C=O) groups excluding carboxylic acids is 1. The van der Waals surface area contributed by atoms with Crippen LogP contribution in [0.25, 0.3) is 0 Å². The van der Waals surface area contributed by atoms with Gasteiger partial charge in [0.1, 0.15) is 5.25 Å². The third-order valence-corrected chi connectivity index (χ3v) is 4.61. The summed E-state index contributed by atoms with van der Waals surface area (Å²) in [5.41, 5.74) is 1.28. The molecule has 0 bridgehead atoms. The van der Waals surface area contributed by atoms with Crippen molar-refractivity contribution in [2.45, 2.75) is 55.8 Å². The van der Waals surface area contributed by atoms with E-state index in [1.54, 1.807) is 11.8 Å². The molecule has 2 rings (SSSR count). The summed E-state index contributed by atoms with van der Waals surface area (Å²) in [5.74, 6) is -0.110. The number of ether oxygens (including phenoxy) is 1. The second-order valence-electron chi connectivity index (χ2n) is 5.07. The Kier molecular flexibility index (Phi) is 5.92. The summed E-state index contributed by atoms with van der Waals surface area (Å²) in [4.78, 5) is 13.0. The Labute approximate surface area is 125 Å². The smallest absolute Gasteiger partial charge is 0.319 e. The van der Waals surface area contributed by atoms with Gasteiger partial charge in [-0.3, -0.25) is 4.79 Å². The predicted molar refractivity (Wildman–Crippen MR) is 82.9 cm³/mol. The van der Waals surface area contributed by atoms with E-state index in [1.807, 2.05) is 13.8 Å². The molecule has 1 N–H and O–H groups in total. The quantitative estimate of drug-likeness (QED) is 0.589. The molecule has 1 fully saturated rings. The van der Waals surface area contributed by atoms with Gasteiger partial charge in [0.2, 0.25) is 0 Å². The molecule has 1 aromatic carbocycles. The predicted octanol–water partition coefficient (Wildman–Crippen LogP) is 3.37. The maximum atomic E-state index is 11.8. The minimum atomic E-state index is -0.110. The lowest BCUT2D eigenvalue weighted by atomic mass is 10.2. The highest BCUT2D eigenvalue weighted by atomic mass is 32.2. The third kappa shape index (κ3) is 4.84. The lowest BCUT2D eigenvalue weighted by Gasteiger charge is -2.13. The summed E-state index contributed by atoms with van der Waals surface area (Å²) in [5, 5.41) is 3.40. The zero-order valence-electron chi connectivity index (χ0n) is 12.2. The Balaban J connectivity index is 1.92. The number of hydrogen-bond donors (Lipinski definition) is 1. The summed E-state index contributed by atoms with van der Waals surface area (Å²) >= 11 is 1.60. The average Bonchev–Trinajstić information content (AvgIpc) is 3.27. The largest absolute Gasteiger partial charge is 0.465 e. The highest BCUT2D eigenvalue weighted by Gasteiger charge is 2.21. The van der Waals surface area contributed by atoms with E-state index in [4.69, 9.17) is 4.74 Å². The summed E-state index contributed by atoms with van der Waals surface area (Å²) < 4.78 is 5.11. The van der Waals surface area contributed by atoms with Crippen LogP contribution in [0.2, 0.25) is 0 Å². The summed E-state index contributed by atoms with van der Waals surface area (Å²) in [6.07, 6.45) is 3.39. The molecule has 1 unspecified atom stereocenters. The van der Waals surface area contributed by atoms with Gasteiger partial charge in [0.15, 0.2) is 0 Å². The first kappa shape index (κ1) is 15.4. The minimum Gasteiger partial charge on any atom is -0.465 e. The Hall–Kier alpha value is -1.00. The number of carbonyl (C=O) groups is 1. The molecule has 0 aliphatic heterocycles. The molecule has 1 atom stereocenters. The number of esters is 1. The van der Waals surface area contributed by atoms with Gasteiger partial charge in [-0.15, -0.1) is 11.8 Å². The molecule has 0 aromatic heterocycles. The first-order valence-corrected chi connectivity index (χ1v) is 8.26. The SMILES string of the molecule is CCOC(=O)C(CC)Sc1cccc(CNC2CC2)c1. The Morgan fingerprint density at radius 3 is 2.90 bits per heavy atom. The number of hydrogen-bond acceptors (Lipinski definition) is 4. The molecule has 0 heterocycles. The molecule has 110 valence electrons. The van der Waals surface area contributed by atoms with Crippen molar-refractivity contribution in [2.24, 2.45) is 0 Å². The fourth-order valence-electron chi connectivity index (χ4n) is 1.98. The van der Waals surface area contributed by atoms with Gasteiger partial charge >= 0.3 is 5.97 Å². The van der Waals surface area contributed by atoms with Gasteiger partial charge in [-0.1, -0.05) is 19.1 Å². The van der Waals surface area contributed by atoms with Crippen molar-refractivity contribution in [3.05, 3.63) is 29.8 Å². The van der Waals surface area contributed by atoms with Crippen molar-refractivity contribution in [1.82, 2.24) is 5.32 Å². The van der Waals surface area contributed by atoms with Crippen LogP contribution < -0.4 is 5.32 Å². The molecule has 1 saturated carbocycles. The lowest BCUT2D eigenvalue weighted by molar-refractivity contribution is -0.142. The topological polar surface area (TPSA) is 38.3 Å². The second-order valence-corrected chi connectivity index (χ2v) is 6.35. The molecule has 1 aliphatic carbocycles. The Morgan fingerprint density at radius 1 is 1.45 bits per heavy atom. The normalized spacial score (nSPS) is 15.9. The monoisotopic (exact) mass is 293 g/mol. The Morgan fingerprint density at radius 2 is 2.25 bits per heavy atom. The van der Waals surface area contributed by atoms with E-state index in [-0.39, 0.29) is 11.2 Å². The van der Waals surface area contributed by atoms with Gasteiger partial charge in [0.05, 0.1) is 6.61 Å². The van der Waals surface area contributed by atoms with E-state index in [9.17, 15) is 4.79 Å². The molecule has 0 spiro atoms. The fraction of sp³-hybridized carbons (Fsp3) is 0.562. The molecule has 0 saturated heterocycles. The molecule has 1 aliphatic rings. The average molecular weight is 293 g/mol. The first-order valence-electron chi connectivity index (χ1n) is 7.38. The maximum absolute atomic E-state index is 11.8. The van der Waals surface area contributed by atoms with Crippen LogP contribution in [0.3, 0.4) is 0 Å². The molecule has 1 aromatic rings. The van der Waals surface area contributed by atoms with Crippen LogP contribution in [0, 0.1) is 0 Å². The molecule has 20 heavy (non-hydrogen) atoms. The molecule has 3 nitrogen and oxygen atoms in total. The van der Waals surface area contributed by atoms with Crippen molar-refractivity contribution >= 4 is 17.7 Å². The van der Waals surface area contributed by atoms with E-state index in [0.29, 0.717) is 12.6 Å². The van der Waals surface area contributed by atoms with Crippen LogP contribution in [0.15, 0.2) is 29.2 Å². The van der Waals surface area contributed by atoms with Gasteiger partial charge in [-0.25, -0.2) is 0 Å². The molecule has 4 heteroatoms. The molecule has 0 amide bonds. The van der Waals surface area contributed by atoms with Crippen LogP contribution in [-0.4, -0.2) is 23.9 Å².